The summed E-state index contributed by atoms with van der Waals surface area (Å²) in [6, 6.07) is 20.3. The smallest absolute Gasteiger partial charge is 0.261 e. The molecule has 0 aromatic heterocycles. The summed E-state index contributed by atoms with van der Waals surface area (Å²) in [4.78, 5) is 12.4. The average Bonchev–Trinajstić information content (AvgIpc) is 2.65. The number of sulfonamides is 1. The molecule has 138 valence electrons. The molecule has 27 heavy (non-hydrogen) atoms. The van der Waals surface area contributed by atoms with Gasteiger partial charge in [0.15, 0.2) is 0 Å². The first kappa shape index (κ1) is 18.7. The lowest BCUT2D eigenvalue weighted by molar-refractivity contribution is 0.102. The summed E-state index contributed by atoms with van der Waals surface area (Å²) in [6.45, 7) is 3.90. The maximum atomic E-state index is 12.5. The minimum Gasteiger partial charge on any atom is -0.322 e. The number of benzene rings is 3. The van der Waals surface area contributed by atoms with E-state index in [1.165, 1.54) is 24.3 Å². The van der Waals surface area contributed by atoms with Gasteiger partial charge in [0.05, 0.1) is 4.90 Å². The van der Waals surface area contributed by atoms with Gasteiger partial charge in [0.2, 0.25) is 0 Å². The second kappa shape index (κ2) is 7.63. The number of hydrogen-bond acceptors (Lipinski definition) is 3. The largest absolute Gasteiger partial charge is 0.322 e. The molecule has 0 heterocycles. The van der Waals surface area contributed by atoms with Crippen molar-refractivity contribution < 1.29 is 13.2 Å². The van der Waals surface area contributed by atoms with Crippen LogP contribution in [0.4, 0.5) is 11.4 Å². The molecule has 0 fully saturated rings. The van der Waals surface area contributed by atoms with Gasteiger partial charge in [0, 0.05) is 16.9 Å². The normalized spacial score (nSPS) is 11.0. The van der Waals surface area contributed by atoms with Crippen LogP contribution in [0.3, 0.4) is 0 Å². The minimum atomic E-state index is -3.71. The van der Waals surface area contributed by atoms with Gasteiger partial charge in [-0.15, -0.1) is 0 Å². The van der Waals surface area contributed by atoms with Crippen molar-refractivity contribution >= 4 is 27.3 Å². The second-order valence-electron chi connectivity index (χ2n) is 6.32. The van der Waals surface area contributed by atoms with Crippen molar-refractivity contribution in [1.29, 1.82) is 0 Å². The second-order valence-corrected chi connectivity index (χ2v) is 8.00. The minimum absolute atomic E-state index is 0.0926. The van der Waals surface area contributed by atoms with Gasteiger partial charge in [-0.2, -0.15) is 0 Å². The first-order valence-electron chi connectivity index (χ1n) is 8.41. The molecule has 0 unspecified atom stereocenters. The summed E-state index contributed by atoms with van der Waals surface area (Å²) in [6.07, 6.45) is 0. The third-order valence-corrected chi connectivity index (χ3v) is 5.44. The Bertz CT molecular complexity index is 1040. The Balaban J connectivity index is 1.72. The number of carbonyl (C=O) groups is 1. The van der Waals surface area contributed by atoms with Gasteiger partial charge in [-0.3, -0.25) is 9.52 Å². The molecular formula is C21H20N2O3S. The molecule has 0 aliphatic heterocycles. The Morgan fingerprint density at radius 1 is 0.704 bits per heavy atom. The quantitative estimate of drug-likeness (QED) is 0.691. The van der Waals surface area contributed by atoms with Gasteiger partial charge in [-0.05, 0) is 62.4 Å². The van der Waals surface area contributed by atoms with E-state index in [2.05, 4.69) is 10.0 Å². The molecule has 0 atom stereocenters. The lowest BCUT2D eigenvalue weighted by atomic mass is 10.2. The zero-order valence-electron chi connectivity index (χ0n) is 15.1. The molecule has 2 N–H and O–H groups in total. The van der Waals surface area contributed by atoms with Crippen molar-refractivity contribution in [1.82, 2.24) is 0 Å². The van der Waals surface area contributed by atoms with Crippen LogP contribution in [0, 0.1) is 13.8 Å². The van der Waals surface area contributed by atoms with Crippen molar-refractivity contribution in [3.8, 4) is 0 Å². The number of anilines is 2. The summed E-state index contributed by atoms with van der Waals surface area (Å²) in [5, 5.41) is 2.78. The summed E-state index contributed by atoms with van der Waals surface area (Å²) in [7, 11) is -3.71. The molecule has 0 aliphatic carbocycles. The van der Waals surface area contributed by atoms with E-state index in [1.807, 2.05) is 50.2 Å². The summed E-state index contributed by atoms with van der Waals surface area (Å²) in [5.41, 5.74) is 3.69. The molecule has 3 aromatic rings. The molecule has 3 aromatic carbocycles. The standard InChI is InChI=1S/C21H20N2O3S/c1-15-3-9-18(10-4-15)22-21(24)17-7-13-20(14-8-17)27(25,26)23-19-11-5-16(2)6-12-19/h3-14,23H,1-2H3,(H,22,24). The fourth-order valence-electron chi connectivity index (χ4n) is 2.46. The Morgan fingerprint density at radius 3 is 1.70 bits per heavy atom. The van der Waals surface area contributed by atoms with Gasteiger partial charge in [-0.25, -0.2) is 8.42 Å². The summed E-state index contributed by atoms with van der Waals surface area (Å²) < 4.78 is 27.5. The third-order valence-electron chi connectivity index (χ3n) is 4.04. The number of nitrogens with one attached hydrogen (secondary N) is 2. The van der Waals surface area contributed by atoms with Crippen LogP contribution in [-0.4, -0.2) is 14.3 Å². The third kappa shape index (κ3) is 4.74. The molecule has 0 spiro atoms. The highest BCUT2D eigenvalue weighted by atomic mass is 32.2. The highest BCUT2D eigenvalue weighted by Gasteiger charge is 2.15. The van der Waals surface area contributed by atoms with Crippen LogP contribution in [0.1, 0.15) is 21.5 Å². The first-order valence-corrected chi connectivity index (χ1v) is 9.89. The van der Waals surface area contributed by atoms with Crippen molar-refractivity contribution in [3.05, 3.63) is 89.5 Å². The topological polar surface area (TPSA) is 75.3 Å². The van der Waals surface area contributed by atoms with Crippen LogP contribution in [0.15, 0.2) is 77.7 Å². The van der Waals surface area contributed by atoms with Crippen molar-refractivity contribution in [2.75, 3.05) is 10.0 Å². The van der Waals surface area contributed by atoms with Crippen LogP contribution in [0.25, 0.3) is 0 Å². The zero-order chi connectivity index (χ0) is 19.4. The summed E-state index contributed by atoms with van der Waals surface area (Å²) >= 11 is 0. The fourth-order valence-corrected chi connectivity index (χ4v) is 3.52. The van der Waals surface area contributed by atoms with E-state index in [0.717, 1.165) is 11.1 Å². The molecular weight excluding hydrogens is 360 g/mol. The van der Waals surface area contributed by atoms with Crippen LogP contribution in [0.2, 0.25) is 0 Å². The van der Waals surface area contributed by atoms with E-state index in [0.29, 0.717) is 16.9 Å². The van der Waals surface area contributed by atoms with E-state index < -0.39 is 10.0 Å². The van der Waals surface area contributed by atoms with Gasteiger partial charge in [0.1, 0.15) is 0 Å². The Labute approximate surface area is 159 Å². The number of rotatable bonds is 5. The SMILES string of the molecule is Cc1ccc(NC(=O)c2ccc(S(=O)(=O)Nc3ccc(C)cc3)cc2)cc1. The monoisotopic (exact) mass is 380 g/mol. The fraction of sp³-hybridized carbons (Fsp3) is 0.0952. The highest BCUT2D eigenvalue weighted by Crippen LogP contribution is 2.18. The lowest BCUT2D eigenvalue weighted by Gasteiger charge is -2.09. The number of carbonyl (C=O) groups excluding carboxylic acids is 1. The maximum absolute atomic E-state index is 12.5. The van der Waals surface area contributed by atoms with Crippen LogP contribution < -0.4 is 10.0 Å². The number of hydrogen-bond donors (Lipinski definition) is 2. The Hall–Kier alpha value is -3.12. The number of amides is 1. The Morgan fingerprint density at radius 2 is 1.19 bits per heavy atom. The predicted octanol–water partition coefficient (Wildman–Crippen LogP) is 4.36. The maximum Gasteiger partial charge on any atom is 0.261 e. The predicted molar refractivity (Wildman–Crippen MR) is 108 cm³/mol. The average molecular weight is 380 g/mol. The van der Waals surface area contributed by atoms with E-state index >= 15 is 0 Å². The molecule has 0 radical (unpaired) electrons. The van der Waals surface area contributed by atoms with E-state index in [1.54, 1.807) is 12.1 Å². The van der Waals surface area contributed by atoms with Crippen molar-refractivity contribution in [2.24, 2.45) is 0 Å². The van der Waals surface area contributed by atoms with Gasteiger partial charge in [-0.1, -0.05) is 35.4 Å². The van der Waals surface area contributed by atoms with Gasteiger partial charge >= 0.3 is 0 Å². The highest BCUT2D eigenvalue weighted by molar-refractivity contribution is 7.92. The van der Waals surface area contributed by atoms with E-state index in [9.17, 15) is 13.2 Å². The molecule has 3 rings (SSSR count). The van der Waals surface area contributed by atoms with Crippen LogP contribution in [0.5, 0.6) is 0 Å². The molecule has 6 heteroatoms. The first-order chi connectivity index (χ1) is 12.8. The number of aryl methyl sites for hydroxylation is 2. The molecule has 0 saturated heterocycles. The molecule has 1 amide bonds. The van der Waals surface area contributed by atoms with Crippen LogP contribution >= 0.6 is 0 Å². The molecule has 0 aliphatic rings. The van der Waals surface area contributed by atoms with E-state index in [-0.39, 0.29) is 10.8 Å². The Kier molecular flexibility index (Phi) is 5.28. The van der Waals surface area contributed by atoms with Crippen molar-refractivity contribution in [2.45, 2.75) is 18.7 Å². The van der Waals surface area contributed by atoms with Gasteiger partial charge < -0.3 is 5.32 Å². The molecule has 0 saturated carbocycles. The molecule has 0 bridgehead atoms. The lowest BCUT2D eigenvalue weighted by Crippen LogP contribution is -2.14. The molecule has 5 nitrogen and oxygen atoms in total. The van der Waals surface area contributed by atoms with E-state index in [4.69, 9.17) is 0 Å². The van der Waals surface area contributed by atoms with Crippen LogP contribution in [-0.2, 0) is 10.0 Å². The zero-order valence-corrected chi connectivity index (χ0v) is 15.9. The van der Waals surface area contributed by atoms with Gasteiger partial charge in [0.25, 0.3) is 15.9 Å². The van der Waals surface area contributed by atoms with Crippen molar-refractivity contribution in [3.63, 3.8) is 0 Å². The summed E-state index contributed by atoms with van der Waals surface area (Å²) in [5.74, 6) is -0.297.